The van der Waals surface area contributed by atoms with Crippen LogP contribution >= 0.6 is 0 Å². The molecule has 3 saturated heterocycles. The van der Waals surface area contributed by atoms with Gasteiger partial charge >= 0.3 is 6.09 Å². The van der Waals surface area contributed by atoms with Gasteiger partial charge < -0.3 is 35.2 Å². The molecule has 0 bridgehead atoms. The van der Waals surface area contributed by atoms with E-state index in [1.165, 1.54) is 0 Å². The Morgan fingerprint density at radius 1 is 1.19 bits per heavy atom. The highest BCUT2D eigenvalue weighted by Crippen LogP contribution is 2.41. The minimum atomic E-state index is -0.242. The van der Waals surface area contributed by atoms with E-state index in [1.54, 1.807) is 12.4 Å². The summed E-state index contributed by atoms with van der Waals surface area (Å²) in [5.41, 5.74) is 8.25. The molecule has 12 heteroatoms. The van der Waals surface area contributed by atoms with Crippen molar-refractivity contribution in [2.75, 3.05) is 81.2 Å². The third-order valence-electron chi connectivity index (χ3n) is 7.72. The highest BCUT2D eigenvalue weighted by atomic mass is 16.6. The Balaban J connectivity index is 1.28. The number of nitrogens with zero attached hydrogens (tertiary/aromatic N) is 7. The van der Waals surface area contributed by atoms with Crippen LogP contribution in [0.2, 0.25) is 0 Å². The minimum absolute atomic E-state index is 0.221. The van der Waals surface area contributed by atoms with Gasteiger partial charge in [-0.1, -0.05) is 0 Å². The summed E-state index contributed by atoms with van der Waals surface area (Å²) in [4.78, 5) is 37.6. The van der Waals surface area contributed by atoms with E-state index in [9.17, 15) is 4.79 Å². The molecule has 4 aliphatic rings. The minimum Gasteiger partial charge on any atom is -0.449 e. The summed E-state index contributed by atoms with van der Waals surface area (Å²) < 4.78 is 11.1. The predicted molar refractivity (Wildman–Crippen MR) is 134 cm³/mol. The van der Waals surface area contributed by atoms with Crippen molar-refractivity contribution in [1.29, 1.82) is 0 Å². The Kier molecular flexibility index (Phi) is 6.00. The number of amides is 1. The van der Waals surface area contributed by atoms with Gasteiger partial charge in [0, 0.05) is 75.3 Å². The van der Waals surface area contributed by atoms with Gasteiger partial charge in [-0.25, -0.2) is 19.7 Å². The molecule has 2 aromatic heterocycles. The molecule has 6 heterocycles. The van der Waals surface area contributed by atoms with Crippen molar-refractivity contribution in [3.63, 3.8) is 0 Å². The van der Waals surface area contributed by atoms with Crippen molar-refractivity contribution < 1.29 is 14.3 Å². The SMILES string of the molecule is C[C@]1(N2CCc3c(-c4cnc(N)nc4)nc(N4CCOCC4)nc32)CCN(C(=O)OCC2CNC2)C1. The molecular weight excluding hydrogens is 462 g/mol. The Bertz CT molecular complexity index is 1120. The van der Waals surface area contributed by atoms with Gasteiger partial charge in [-0.3, -0.25) is 0 Å². The van der Waals surface area contributed by atoms with E-state index in [4.69, 9.17) is 25.2 Å². The maximum atomic E-state index is 12.8. The number of nitrogens with two attached hydrogens (primary N) is 1. The average molecular weight is 496 g/mol. The number of nitrogen functional groups attached to an aromatic ring is 1. The van der Waals surface area contributed by atoms with Crippen LogP contribution in [0.25, 0.3) is 11.3 Å². The van der Waals surface area contributed by atoms with E-state index in [2.05, 4.69) is 32.0 Å². The van der Waals surface area contributed by atoms with Gasteiger partial charge in [-0.2, -0.15) is 4.98 Å². The standard InChI is InChI=1S/C24H33N9O3/c1-24(3-5-32(15-24)23(34)36-14-16-10-26-11-16)33-4-2-18-19(17-12-27-21(25)28-13-17)29-22(30-20(18)33)31-6-8-35-9-7-31/h12-13,16,26H,2-11,14-15H2,1H3,(H2,25,27,28)/t24-/m0/s1. The third kappa shape index (κ3) is 4.28. The van der Waals surface area contributed by atoms with Crippen LogP contribution in [0.1, 0.15) is 18.9 Å². The van der Waals surface area contributed by atoms with Crippen LogP contribution in [0.15, 0.2) is 12.4 Å². The zero-order chi connectivity index (χ0) is 24.7. The summed E-state index contributed by atoms with van der Waals surface area (Å²) in [6.45, 7) is 9.40. The fraction of sp³-hybridized carbons (Fsp3) is 0.625. The molecule has 0 unspecified atom stereocenters. The lowest BCUT2D eigenvalue weighted by Gasteiger charge is -2.37. The molecule has 0 radical (unpaired) electrons. The molecule has 0 saturated carbocycles. The molecule has 192 valence electrons. The number of carbonyl (C=O) groups excluding carboxylic acids is 1. The summed E-state index contributed by atoms with van der Waals surface area (Å²) in [5.74, 6) is 2.28. The molecular formula is C24H33N9O3. The molecule has 1 amide bonds. The number of anilines is 3. The lowest BCUT2D eigenvalue weighted by Crippen LogP contribution is -2.49. The highest BCUT2D eigenvalue weighted by molar-refractivity contribution is 5.74. The first-order chi connectivity index (χ1) is 17.5. The van der Waals surface area contributed by atoms with Gasteiger partial charge in [0.15, 0.2) is 0 Å². The second-order valence-electron chi connectivity index (χ2n) is 10.3. The van der Waals surface area contributed by atoms with Gasteiger partial charge in [0.1, 0.15) is 5.82 Å². The van der Waals surface area contributed by atoms with Crippen LogP contribution in [-0.2, 0) is 15.9 Å². The third-order valence-corrected chi connectivity index (χ3v) is 7.72. The van der Waals surface area contributed by atoms with E-state index < -0.39 is 0 Å². The van der Waals surface area contributed by atoms with E-state index in [0.29, 0.717) is 44.8 Å². The van der Waals surface area contributed by atoms with Gasteiger partial charge in [-0.15, -0.1) is 0 Å². The molecule has 1 atom stereocenters. The number of nitrogens with one attached hydrogen (secondary N) is 1. The summed E-state index contributed by atoms with van der Waals surface area (Å²) in [6, 6.07) is 0. The fourth-order valence-corrected chi connectivity index (χ4v) is 5.44. The first kappa shape index (κ1) is 23.2. The molecule has 12 nitrogen and oxygen atoms in total. The van der Waals surface area contributed by atoms with E-state index in [0.717, 1.165) is 68.2 Å². The summed E-state index contributed by atoms with van der Waals surface area (Å²) >= 11 is 0. The smallest absolute Gasteiger partial charge is 0.409 e. The second-order valence-corrected chi connectivity index (χ2v) is 10.3. The van der Waals surface area contributed by atoms with Gasteiger partial charge in [0.2, 0.25) is 11.9 Å². The molecule has 36 heavy (non-hydrogen) atoms. The topological polar surface area (TPSA) is 135 Å². The van der Waals surface area contributed by atoms with Crippen LogP contribution in [0.3, 0.4) is 0 Å². The zero-order valence-corrected chi connectivity index (χ0v) is 20.6. The summed E-state index contributed by atoms with van der Waals surface area (Å²) in [7, 11) is 0. The van der Waals surface area contributed by atoms with E-state index >= 15 is 0 Å². The molecule has 0 aliphatic carbocycles. The predicted octanol–water partition coefficient (Wildman–Crippen LogP) is 0.535. The summed E-state index contributed by atoms with van der Waals surface area (Å²) in [6.07, 6.45) is 4.89. The number of fused-ring (bicyclic) bond motifs is 1. The van der Waals surface area contributed by atoms with E-state index in [1.807, 2.05) is 4.90 Å². The molecule has 0 spiro atoms. The summed E-state index contributed by atoms with van der Waals surface area (Å²) in [5, 5.41) is 3.21. The average Bonchev–Trinajstić information content (AvgIpc) is 3.48. The van der Waals surface area contributed by atoms with Crippen LogP contribution in [0.5, 0.6) is 0 Å². The number of likely N-dealkylation sites (tertiary alicyclic amines) is 1. The number of hydrogen-bond donors (Lipinski definition) is 2. The first-order valence-electron chi connectivity index (χ1n) is 12.7. The van der Waals surface area contributed by atoms with Gasteiger partial charge in [0.05, 0.1) is 31.1 Å². The van der Waals surface area contributed by atoms with Gasteiger partial charge in [-0.05, 0) is 19.8 Å². The lowest BCUT2D eigenvalue weighted by atomic mass is 9.99. The quantitative estimate of drug-likeness (QED) is 0.601. The highest BCUT2D eigenvalue weighted by Gasteiger charge is 2.45. The largest absolute Gasteiger partial charge is 0.449 e. The van der Waals surface area contributed by atoms with Gasteiger partial charge in [0.25, 0.3) is 0 Å². The number of morpholine rings is 1. The Labute approximate surface area is 210 Å². The maximum Gasteiger partial charge on any atom is 0.409 e. The lowest BCUT2D eigenvalue weighted by molar-refractivity contribution is 0.0823. The first-order valence-corrected chi connectivity index (χ1v) is 12.7. The Morgan fingerprint density at radius 3 is 2.69 bits per heavy atom. The maximum absolute atomic E-state index is 12.8. The zero-order valence-electron chi connectivity index (χ0n) is 20.6. The molecule has 4 aliphatic heterocycles. The van der Waals surface area contributed by atoms with Crippen LogP contribution < -0.4 is 20.9 Å². The van der Waals surface area contributed by atoms with Crippen molar-refractivity contribution >= 4 is 23.8 Å². The number of hydrogen-bond acceptors (Lipinski definition) is 11. The van der Waals surface area contributed by atoms with Crippen LogP contribution in [-0.4, -0.2) is 102 Å². The van der Waals surface area contributed by atoms with Crippen molar-refractivity contribution in [1.82, 2.24) is 30.2 Å². The molecule has 3 N–H and O–H groups in total. The molecule has 3 fully saturated rings. The number of rotatable bonds is 5. The monoisotopic (exact) mass is 495 g/mol. The van der Waals surface area contributed by atoms with Crippen LogP contribution in [0.4, 0.5) is 22.5 Å². The number of aromatic nitrogens is 4. The fourth-order valence-electron chi connectivity index (χ4n) is 5.44. The molecule has 0 aromatic carbocycles. The number of ether oxygens (including phenoxy) is 2. The Hall–Kier alpha value is -3.25. The van der Waals surface area contributed by atoms with Crippen LogP contribution in [0, 0.1) is 5.92 Å². The number of carbonyl (C=O) groups is 1. The molecule has 2 aromatic rings. The normalized spacial score (nSPS) is 24.1. The second kappa shape index (κ2) is 9.32. The van der Waals surface area contributed by atoms with Crippen molar-refractivity contribution in [3.8, 4) is 11.3 Å². The van der Waals surface area contributed by atoms with Crippen molar-refractivity contribution in [3.05, 3.63) is 18.0 Å². The van der Waals surface area contributed by atoms with Crippen molar-refractivity contribution in [2.45, 2.75) is 25.3 Å². The Morgan fingerprint density at radius 2 is 1.97 bits per heavy atom. The van der Waals surface area contributed by atoms with Crippen molar-refractivity contribution in [2.24, 2.45) is 5.92 Å². The van der Waals surface area contributed by atoms with E-state index in [-0.39, 0.29) is 17.6 Å². The molecule has 6 rings (SSSR count).